The number of ether oxygens (including phenoxy) is 1. The Balaban J connectivity index is 1.57. The molecule has 0 unspecified atom stereocenters. The predicted octanol–water partition coefficient (Wildman–Crippen LogP) is 5.46. The van der Waals surface area contributed by atoms with E-state index in [1.807, 2.05) is 86.7 Å². The van der Waals surface area contributed by atoms with Gasteiger partial charge in [-0.2, -0.15) is 9.61 Å². The Morgan fingerprint density at radius 2 is 1.85 bits per heavy atom. The molecule has 0 aliphatic rings. The third-order valence-corrected chi connectivity index (χ3v) is 5.46. The van der Waals surface area contributed by atoms with Crippen molar-refractivity contribution in [2.24, 2.45) is 0 Å². The van der Waals surface area contributed by atoms with Gasteiger partial charge in [0.2, 0.25) is 0 Å². The lowest BCUT2D eigenvalue weighted by atomic mass is 10.1. The van der Waals surface area contributed by atoms with Crippen LogP contribution in [0, 0.1) is 6.92 Å². The largest absolute Gasteiger partial charge is 0.500 e. The molecule has 0 spiro atoms. The molecule has 0 saturated heterocycles. The van der Waals surface area contributed by atoms with Crippen LogP contribution in [0.2, 0.25) is 0 Å². The highest BCUT2D eigenvalue weighted by molar-refractivity contribution is 5.94. The lowest BCUT2D eigenvalue weighted by molar-refractivity contribution is 0.0785. The van der Waals surface area contributed by atoms with E-state index in [-0.39, 0.29) is 5.91 Å². The van der Waals surface area contributed by atoms with Gasteiger partial charge in [-0.25, -0.2) is 4.98 Å². The molecule has 7 heteroatoms. The van der Waals surface area contributed by atoms with Crippen LogP contribution in [0.25, 0.3) is 16.9 Å². The van der Waals surface area contributed by atoms with E-state index in [0.717, 1.165) is 46.3 Å². The van der Waals surface area contributed by atoms with E-state index in [0.29, 0.717) is 12.1 Å². The van der Waals surface area contributed by atoms with E-state index >= 15 is 0 Å². The van der Waals surface area contributed by atoms with Gasteiger partial charge in [-0.3, -0.25) is 4.79 Å². The highest BCUT2D eigenvalue weighted by atomic mass is 16.5. The number of aromatic nitrogens is 3. The van der Waals surface area contributed by atoms with Crippen LogP contribution in [0.5, 0.6) is 0 Å². The second-order valence-corrected chi connectivity index (χ2v) is 8.09. The molecular formula is C27H29N5O2. The summed E-state index contributed by atoms with van der Waals surface area (Å²) in [5, 5.41) is 8.01. The summed E-state index contributed by atoms with van der Waals surface area (Å²) in [6.45, 7) is 4.41. The van der Waals surface area contributed by atoms with Gasteiger partial charge >= 0.3 is 0 Å². The van der Waals surface area contributed by atoms with Gasteiger partial charge in [-0.1, -0.05) is 37.3 Å². The Hall–Kier alpha value is -4.13. The van der Waals surface area contributed by atoms with Crippen molar-refractivity contribution in [3.05, 3.63) is 89.8 Å². The standard InChI is InChI=1S/C27H29N5O2/c1-5-9-23(34-4)18-31(3)27(33)21-12-14-22(15-13-21)28-26-17-24(20-10-7-6-8-11-20)29-25-16-19(2)30-32(25)26/h6-17,28H,5,18H2,1-4H3/b23-9-. The van der Waals surface area contributed by atoms with Gasteiger partial charge in [0.15, 0.2) is 5.65 Å². The first-order valence-electron chi connectivity index (χ1n) is 11.3. The molecule has 34 heavy (non-hydrogen) atoms. The molecule has 0 aliphatic carbocycles. The fraction of sp³-hybridized carbons (Fsp3) is 0.222. The fourth-order valence-corrected chi connectivity index (χ4v) is 3.74. The normalized spacial score (nSPS) is 11.5. The molecule has 2 aromatic heterocycles. The summed E-state index contributed by atoms with van der Waals surface area (Å²) >= 11 is 0. The highest BCUT2D eigenvalue weighted by Crippen LogP contribution is 2.25. The van der Waals surface area contributed by atoms with E-state index in [2.05, 4.69) is 10.4 Å². The Morgan fingerprint density at radius 3 is 2.53 bits per heavy atom. The molecule has 0 atom stereocenters. The first kappa shape index (κ1) is 23.0. The topological polar surface area (TPSA) is 71.8 Å². The van der Waals surface area contributed by atoms with Gasteiger partial charge in [0.05, 0.1) is 25.0 Å². The summed E-state index contributed by atoms with van der Waals surface area (Å²) in [5.41, 5.74) is 5.00. The number of carbonyl (C=O) groups is 1. The molecule has 4 aromatic rings. The maximum Gasteiger partial charge on any atom is 0.254 e. The summed E-state index contributed by atoms with van der Waals surface area (Å²) < 4.78 is 7.15. The van der Waals surface area contributed by atoms with Crippen molar-refractivity contribution in [2.45, 2.75) is 20.3 Å². The molecule has 0 fully saturated rings. The molecule has 2 heterocycles. The van der Waals surface area contributed by atoms with Gasteiger partial charge in [0, 0.05) is 36.0 Å². The van der Waals surface area contributed by atoms with Crippen molar-refractivity contribution in [3.63, 3.8) is 0 Å². The Morgan fingerprint density at radius 1 is 1.12 bits per heavy atom. The number of anilines is 2. The minimum Gasteiger partial charge on any atom is -0.500 e. The van der Waals surface area contributed by atoms with E-state index in [1.165, 1.54) is 0 Å². The van der Waals surface area contributed by atoms with Crippen molar-refractivity contribution >= 4 is 23.1 Å². The first-order chi connectivity index (χ1) is 16.5. The molecule has 4 rings (SSSR count). The van der Waals surface area contributed by atoms with E-state index in [4.69, 9.17) is 9.72 Å². The summed E-state index contributed by atoms with van der Waals surface area (Å²) in [6.07, 6.45) is 2.84. The van der Waals surface area contributed by atoms with Crippen LogP contribution in [0.3, 0.4) is 0 Å². The number of allylic oxidation sites excluding steroid dienone is 1. The minimum absolute atomic E-state index is 0.0639. The number of nitrogens with one attached hydrogen (secondary N) is 1. The van der Waals surface area contributed by atoms with E-state index < -0.39 is 0 Å². The van der Waals surface area contributed by atoms with Crippen molar-refractivity contribution in [2.75, 3.05) is 26.0 Å². The third kappa shape index (κ3) is 5.09. The lowest BCUT2D eigenvalue weighted by Crippen LogP contribution is -2.29. The summed E-state index contributed by atoms with van der Waals surface area (Å²) in [6, 6.07) is 21.4. The molecular weight excluding hydrogens is 426 g/mol. The molecule has 0 radical (unpaired) electrons. The maximum atomic E-state index is 12.8. The number of amides is 1. The van der Waals surface area contributed by atoms with Crippen LogP contribution in [-0.4, -0.2) is 46.1 Å². The number of carbonyl (C=O) groups excluding carboxylic acids is 1. The number of nitrogens with zero attached hydrogens (tertiary/aromatic N) is 4. The Bertz CT molecular complexity index is 1310. The summed E-state index contributed by atoms with van der Waals surface area (Å²) in [5.74, 6) is 1.51. The molecule has 1 N–H and O–H groups in total. The van der Waals surface area contributed by atoms with Gasteiger partial charge < -0.3 is 15.0 Å². The SMILES string of the molecule is CC/C=C(/CN(C)C(=O)c1ccc(Nc2cc(-c3ccccc3)nc3cc(C)nn23)cc1)OC. The van der Waals surface area contributed by atoms with Crippen molar-refractivity contribution in [3.8, 4) is 11.3 Å². The van der Waals surface area contributed by atoms with Crippen LogP contribution in [0.1, 0.15) is 29.4 Å². The van der Waals surface area contributed by atoms with Crippen LogP contribution < -0.4 is 5.32 Å². The Kier molecular flexibility index (Phi) is 6.92. The van der Waals surface area contributed by atoms with E-state index in [9.17, 15) is 4.79 Å². The fourth-order valence-electron chi connectivity index (χ4n) is 3.74. The third-order valence-electron chi connectivity index (χ3n) is 5.46. The number of hydrogen-bond donors (Lipinski definition) is 1. The second-order valence-electron chi connectivity index (χ2n) is 8.09. The number of rotatable bonds is 8. The summed E-state index contributed by atoms with van der Waals surface area (Å²) in [4.78, 5) is 19.3. The average molecular weight is 456 g/mol. The lowest BCUT2D eigenvalue weighted by Gasteiger charge is -2.19. The number of aryl methyl sites for hydroxylation is 1. The van der Waals surface area contributed by atoms with Crippen LogP contribution in [0.4, 0.5) is 11.5 Å². The highest BCUT2D eigenvalue weighted by Gasteiger charge is 2.14. The van der Waals surface area contributed by atoms with Gasteiger partial charge in [-0.05, 0) is 43.7 Å². The van der Waals surface area contributed by atoms with Gasteiger partial charge in [-0.15, -0.1) is 0 Å². The monoisotopic (exact) mass is 455 g/mol. The molecule has 174 valence electrons. The first-order valence-corrected chi connectivity index (χ1v) is 11.3. The zero-order valence-corrected chi connectivity index (χ0v) is 19.9. The van der Waals surface area contributed by atoms with Gasteiger partial charge in [0.25, 0.3) is 5.91 Å². The van der Waals surface area contributed by atoms with Crippen LogP contribution in [0.15, 0.2) is 78.6 Å². The second kappa shape index (κ2) is 10.2. The van der Waals surface area contributed by atoms with Crippen molar-refractivity contribution < 1.29 is 9.53 Å². The maximum absolute atomic E-state index is 12.8. The van der Waals surface area contributed by atoms with Crippen LogP contribution >= 0.6 is 0 Å². The number of hydrogen-bond acceptors (Lipinski definition) is 5. The number of benzene rings is 2. The van der Waals surface area contributed by atoms with Crippen LogP contribution in [-0.2, 0) is 4.74 Å². The van der Waals surface area contributed by atoms with Gasteiger partial charge in [0.1, 0.15) is 11.6 Å². The summed E-state index contributed by atoms with van der Waals surface area (Å²) in [7, 11) is 3.40. The predicted molar refractivity (Wildman–Crippen MR) is 135 cm³/mol. The Labute approximate surface area is 199 Å². The van der Waals surface area contributed by atoms with Crippen molar-refractivity contribution in [1.29, 1.82) is 0 Å². The molecule has 0 bridgehead atoms. The molecule has 0 saturated carbocycles. The zero-order valence-electron chi connectivity index (χ0n) is 19.9. The molecule has 7 nitrogen and oxygen atoms in total. The number of fused-ring (bicyclic) bond motifs is 1. The molecule has 0 aliphatic heterocycles. The molecule has 2 aromatic carbocycles. The quantitative estimate of drug-likeness (QED) is 0.357. The number of methoxy groups -OCH3 is 1. The smallest absolute Gasteiger partial charge is 0.254 e. The van der Waals surface area contributed by atoms with Crippen molar-refractivity contribution in [1.82, 2.24) is 19.5 Å². The average Bonchev–Trinajstić information content (AvgIpc) is 3.24. The number of likely N-dealkylation sites (N-methyl/N-ethyl adjacent to an activating group) is 1. The van der Waals surface area contributed by atoms with E-state index in [1.54, 1.807) is 23.6 Å². The molecule has 1 amide bonds. The minimum atomic E-state index is -0.0639. The zero-order chi connectivity index (χ0) is 24.1.